The van der Waals surface area contributed by atoms with Crippen LogP contribution in [-0.4, -0.2) is 46.1 Å². The molecular weight excluding hydrogens is 525 g/mol. The maximum absolute atomic E-state index is 14.1. The maximum atomic E-state index is 14.1. The average molecular weight is 563 g/mol. The lowest BCUT2D eigenvalue weighted by molar-refractivity contribution is -0.154. The van der Waals surface area contributed by atoms with E-state index < -0.39 is 47.2 Å². The number of aromatic nitrogens is 1. The third-order valence-corrected chi connectivity index (χ3v) is 8.08. The highest BCUT2D eigenvalue weighted by atomic mass is 19.4. The first-order valence-corrected chi connectivity index (χ1v) is 13.7. The molecule has 1 amide bonds. The number of methoxy groups -OCH3 is 1. The van der Waals surface area contributed by atoms with Gasteiger partial charge in [0, 0.05) is 23.6 Å². The molecule has 1 aliphatic carbocycles. The summed E-state index contributed by atoms with van der Waals surface area (Å²) >= 11 is 0. The van der Waals surface area contributed by atoms with Gasteiger partial charge in [-0.15, -0.1) is 0 Å². The molecule has 0 radical (unpaired) electrons. The number of carbonyl (C=O) groups excluding carboxylic acids is 1. The predicted molar refractivity (Wildman–Crippen MR) is 141 cm³/mol. The van der Waals surface area contributed by atoms with E-state index in [1.54, 1.807) is 0 Å². The number of carboxylic acids is 1. The first-order chi connectivity index (χ1) is 18.8. The molecule has 4 rings (SSSR count). The van der Waals surface area contributed by atoms with Crippen LogP contribution in [-0.2, 0) is 27.1 Å². The summed E-state index contributed by atoms with van der Waals surface area (Å²) in [7, 11) is 1.31. The molecule has 1 saturated heterocycles. The van der Waals surface area contributed by atoms with Gasteiger partial charge >= 0.3 is 12.1 Å². The number of hydrogen-bond acceptors (Lipinski definition) is 5. The van der Waals surface area contributed by atoms with Crippen LogP contribution in [0.1, 0.15) is 75.6 Å². The lowest BCUT2D eigenvalue weighted by Crippen LogP contribution is -2.49. The molecule has 2 fully saturated rings. The van der Waals surface area contributed by atoms with E-state index in [9.17, 15) is 27.9 Å². The average Bonchev–Trinajstić information content (AvgIpc) is 3.28. The fourth-order valence-electron chi connectivity index (χ4n) is 6.28. The van der Waals surface area contributed by atoms with Gasteiger partial charge in [0.1, 0.15) is 6.04 Å². The molecule has 1 aromatic carbocycles. The van der Waals surface area contributed by atoms with Crippen molar-refractivity contribution in [1.82, 2.24) is 9.88 Å². The van der Waals surface area contributed by atoms with Crippen molar-refractivity contribution in [1.29, 1.82) is 0 Å². The van der Waals surface area contributed by atoms with E-state index in [4.69, 9.17) is 9.47 Å². The van der Waals surface area contributed by atoms with E-state index in [0.717, 1.165) is 25.3 Å². The summed E-state index contributed by atoms with van der Waals surface area (Å²) < 4.78 is 52.0. The zero-order valence-electron chi connectivity index (χ0n) is 23.3. The Morgan fingerprint density at radius 3 is 2.27 bits per heavy atom. The van der Waals surface area contributed by atoms with Crippen LogP contribution in [0.5, 0.6) is 5.88 Å². The molecule has 1 N–H and O–H groups in total. The molecule has 1 aliphatic heterocycles. The maximum Gasteiger partial charge on any atom is 0.417 e. The highest BCUT2D eigenvalue weighted by Gasteiger charge is 2.59. The van der Waals surface area contributed by atoms with Gasteiger partial charge in [0.05, 0.1) is 31.4 Å². The lowest BCUT2D eigenvalue weighted by atomic mass is 9.73. The van der Waals surface area contributed by atoms with Crippen LogP contribution in [0.2, 0.25) is 0 Å². The summed E-state index contributed by atoms with van der Waals surface area (Å²) in [6.07, 6.45) is -0.490. The van der Waals surface area contributed by atoms with Crippen molar-refractivity contribution in [3.63, 3.8) is 0 Å². The highest BCUT2D eigenvalue weighted by molar-refractivity contribution is 5.87. The van der Waals surface area contributed by atoms with Crippen LogP contribution in [0.25, 0.3) is 0 Å². The second-order valence-electron chi connectivity index (χ2n) is 11.8. The molecule has 1 saturated carbocycles. The van der Waals surface area contributed by atoms with E-state index in [1.165, 1.54) is 12.0 Å². The molecule has 2 heterocycles. The molecule has 0 unspecified atom stereocenters. The topological polar surface area (TPSA) is 89.0 Å². The molecule has 2 aromatic rings. The van der Waals surface area contributed by atoms with E-state index in [1.807, 2.05) is 51.1 Å². The fraction of sp³-hybridized carbons (Fsp3) is 0.567. The van der Waals surface area contributed by atoms with E-state index in [0.29, 0.717) is 24.6 Å². The monoisotopic (exact) mass is 562 g/mol. The summed E-state index contributed by atoms with van der Waals surface area (Å²) in [4.78, 5) is 32.3. The summed E-state index contributed by atoms with van der Waals surface area (Å²) in [5, 5.41) is 10.5. The largest absolute Gasteiger partial charge is 0.481 e. The van der Waals surface area contributed by atoms with Crippen molar-refractivity contribution < 1.29 is 37.3 Å². The van der Waals surface area contributed by atoms with Crippen LogP contribution >= 0.6 is 0 Å². The van der Waals surface area contributed by atoms with Crippen LogP contribution < -0.4 is 4.74 Å². The van der Waals surface area contributed by atoms with Gasteiger partial charge in [0.15, 0.2) is 0 Å². The van der Waals surface area contributed by atoms with Gasteiger partial charge in [-0.05, 0) is 29.9 Å². The minimum atomic E-state index is -4.61. The van der Waals surface area contributed by atoms with Gasteiger partial charge in [-0.25, -0.2) is 9.78 Å². The number of carboxylic acid groups (broad SMARTS) is 1. The van der Waals surface area contributed by atoms with E-state index >= 15 is 0 Å². The van der Waals surface area contributed by atoms with Crippen molar-refractivity contribution in [2.24, 2.45) is 17.3 Å². The zero-order chi connectivity index (χ0) is 29.2. The SMILES string of the molecule is COc1ncc(C(F)(F)F)cc1CO[C@H]1[C@H](C(C)(C)C)[C@@H](C(=O)O)N(C(=O)C2CCCCC2)[C@H]1c1ccccc1. The van der Waals surface area contributed by atoms with Crippen LogP contribution in [0, 0.1) is 17.3 Å². The number of rotatable bonds is 7. The molecule has 40 heavy (non-hydrogen) atoms. The number of carbonyl (C=O) groups is 2. The number of ether oxygens (including phenoxy) is 2. The van der Waals surface area contributed by atoms with Crippen molar-refractivity contribution in [2.75, 3.05) is 7.11 Å². The lowest BCUT2D eigenvalue weighted by Gasteiger charge is -2.35. The Bertz CT molecular complexity index is 1190. The van der Waals surface area contributed by atoms with Gasteiger partial charge < -0.3 is 19.5 Å². The molecule has 7 nitrogen and oxygen atoms in total. The first kappa shape index (κ1) is 29.8. The zero-order valence-corrected chi connectivity index (χ0v) is 23.3. The Labute approximate surface area is 232 Å². The Morgan fingerprint density at radius 2 is 1.73 bits per heavy atom. The smallest absolute Gasteiger partial charge is 0.417 e. The first-order valence-electron chi connectivity index (χ1n) is 13.7. The van der Waals surface area contributed by atoms with Gasteiger partial charge in [-0.2, -0.15) is 13.2 Å². The number of likely N-dealkylation sites (tertiary alicyclic amines) is 1. The number of amides is 1. The quantitative estimate of drug-likeness (QED) is 0.428. The summed E-state index contributed by atoms with van der Waals surface area (Å²) in [6, 6.07) is 8.14. The number of benzene rings is 1. The second kappa shape index (κ2) is 11.8. The van der Waals surface area contributed by atoms with Crippen molar-refractivity contribution in [3.05, 3.63) is 59.3 Å². The number of aliphatic carboxylic acids is 1. The number of alkyl halides is 3. The number of nitrogens with zero attached hydrogens (tertiary/aromatic N) is 2. The molecule has 10 heteroatoms. The van der Waals surface area contributed by atoms with Crippen LogP contribution in [0.4, 0.5) is 13.2 Å². The highest BCUT2D eigenvalue weighted by Crippen LogP contribution is 2.51. The van der Waals surface area contributed by atoms with Crippen molar-refractivity contribution in [3.8, 4) is 5.88 Å². The number of hydrogen-bond donors (Lipinski definition) is 1. The van der Waals surface area contributed by atoms with Gasteiger partial charge in [0.2, 0.25) is 11.8 Å². The molecule has 218 valence electrons. The molecule has 0 bridgehead atoms. The molecular formula is C30H37F3N2O5. The number of halogens is 3. The summed E-state index contributed by atoms with van der Waals surface area (Å²) in [6.45, 7) is 5.38. The summed E-state index contributed by atoms with van der Waals surface area (Å²) in [5.41, 5.74) is -0.772. The number of pyridine rings is 1. The van der Waals surface area contributed by atoms with Crippen LogP contribution in [0.15, 0.2) is 42.6 Å². The van der Waals surface area contributed by atoms with Gasteiger partial charge in [-0.1, -0.05) is 70.4 Å². The minimum Gasteiger partial charge on any atom is -0.481 e. The molecule has 2 aliphatic rings. The standard InChI is InChI=1S/C30H37F3N2O5/c1-29(2,3)22-24(28(37)38)35(27(36)19-13-9-6-10-14-19)23(18-11-7-5-8-12-18)25(22)40-17-20-15-21(30(31,32)33)16-34-26(20)39-4/h5,7-8,11-12,15-16,19,22-25H,6,9-10,13-14,17H2,1-4H3,(H,37,38)/t22-,23+,24+,25+/m1/s1. The second-order valence-corrected chi connectivity index (χ2v) is 11.8. The summed E-state index contributed by atoms with van der Waals surface area (Å²) in [5.74, 6) is -2.30. The minimum absolute atomic E-state index is 0.0144. The third-order valence-electron chi connectivity index (χ3n) is 8.08. The fourth-order valence-corrected chi connectivity index (χ4v) is 6.28. The molecule has 0 spiro atoms. The molecule has 1 aromatic heterocycles. The molecule has 4 atom stereocenters. The normalized spacial score (nSPS) is 24.2. The van der Waals surface area contributed by atoms with Crippen LogP contribution in [0.3, 0.4) is 0 Å². The van der Waals surface area contributed by atoms with E-state index in [2.05, 4.69) is 4.98 Å². The van der Waals surface area contributed by atoms with Gasteiger partial charge in [0.25, 0.3) is 0 Å². The van der Waals surface area contributed by atoms with Crippen molar-refractivity contribution >= 4 is 11.9 Å². The van der Waals surface area contributed by atoms with E-state index in [-0.39, 0.29) is 29.9 Å². The Balaban J connectivity index is 1.81. The van der Waals surface area contributed by atoms with Gasteiger partial charge in [-0.3, -0.25) is 4.79 Å². The Kier molecular flexibility index (Phi) is 8.77. The van der Waals surface area contributed by atoms with Crippen molar-refractivity contribution in [2.45, 2.75) is 83.8 Å². The predicted octanol–water partition coefficient (Wildman–Crippen LogP) is 6.27. The Morgan fingerprint density at radius 1 is 1.07 bits per heavy atom. The Hall–Kier alpha value is -3.14. The third kappa shape index (κ3) is 6.11.